The SMILES string of the molecule is COc1ccc(OC)c(/C=C2/SC(=S)N(c3ccc(C(=O)O)cc3)C2=O)c1. The molecule has 1 N–H and O–H groups in total. The van der Waals surface area contributed by atoms with Gasteiger partial charge in [-0.1, -0.05) is 24.0 Å². The van der Waals surface area contributed by atoms with E-state index in [9.17, 15) is 9.59 Å². The van der Waals surface area contributed by atoms with Crippen LogP contribution in [-0.2, 0) is 4.79 Å². The van der Waals surface area contributed by atoms with Crippen molar-refractivity contribution in [1.82, 2.24) is 0 Å². The largest absolute Gasteiger partial charge is 0.497 e. The quantitative estimate of drug-likeness (QED) is 0.603. The second-order valence-corrected chi connectivity index (χ2v) is 7.15. The second-order valence-electron chi connectivity index (χ2n) is 5.48. The maximum absolute atomic E-state index is 12.9. The van der Waals surface area contributed by atoms with Crippen LogP contribution < -0.4 is 14.4 Å². The molecule has 1 heterocycles. The number of anilines is 1. The molecule has 1 saturated heterocycles. The van der Waals surface area contributed by atoms with Gasteiger partial charge in [-0.3, -0.25) is 9.69 Å². The van der Waals surface area contributed by atoms with Gasteiger partial charge in [-0.15, -0.1) is 0 Å². The first kappa shape index (κ1) is 18.9. The lowest BCUT2D eigenvalue weighted by molar-refractivity contribution is -0.113. The number of carboxylic acid groups (broad SMARTS) is 1. The third kappa shape index (κ3) is 3.81. The highest BCUT2D eigenvalue weighted by atomic mass is 32.2. The number of thioether (sulfide) groups is 1. The fourth-order valence-corrected chi connectivity index (χ4v) is 3.83. The summed E-state index contributed by atoms with van der Waals surface area (Å²) < 4.78 is 10.9. The fourth-order valence-electron chi connectivity index (χ4n) is 2.54. The third-order valence-corrected chi connectivity index (χ3v) is 5.19. The monoisotopic (exact) mass is 401 g/mol. The molecule has 0 spiro atoms. The van der Waals surface area contributed by atoms with Crippen LogP contribution in [-0.4, -0.2) is 35.5 Å². The summed E-state index contributed by atoms with van der Waals surface area (Å²) in [6, 6.07) is 11.3. The topological polar surface area (TPSA) is 76.1 Å². The lowest BCUT2D eigenvalue weighted by atomic mass is 10.1. The van der Waals surface area contributed by atoms with Gasteiger partial charge < -0.3 is 14.6 Å². The van der Waals surface area contributed by atoms with E-state index in [4.69, 9.17) is 26.8 Å². The van der Waals surface area contributed by atoms with Gasteiger partial charge in [0.1, 0.15) is 11.5 Å². The smallest absolute Gasteiger partial charge is 0.335 e. The lowest BCUT2D eigenvalue weighted by Gasteiger charge is -2.14. The molecule has 0 atom stereocenters. The van der Waals surface area contributed by atoms with Crippen molar-refractivity contribution >= 4 is 51.9 Å². The number of amides is 1. The summed E-state index contributed by atoms with van der Waals surface area (Å²) in [5.41, 5.74) is 1.35. The Morgan fingerprint density at radius 2 is 1.85 bits per heavy atom. The molecule has 1 amide bonds. The third-order valence-electron chi connectivity index (χ3n) is 3.89. The maximum atomic E-state index is 12.9. The van der Waals surface area contributed by atoms with Crippen LogP contribution in [0.15, 0.2) is 47.4 Å². The predicted octanol–water partition coefficient (Wildman–Crippen LogP) is 3.81. The van der Waals surface area contributed by atoms with E-state index in [2.05, 4.69) is 0 Å². The number of benzene rings is 2. The molecule has 0 aromatic heterocycles. The molecule has 2 aromatic rings. The van der Waals surface area contributed by atoms with Crippen molar-refractivity contribution in [2.45, 2.75) is 0 Å². The minimum Gasteiger partial charge on any atom is -0.497 e. The molecular formula is C19H15NO5S2. The fraction of sp³-hybridized carbons (Fsp3) is 0.105. The van der Waals surface area contributed by atoms with Crippen molar-refractivity contribution in [1.29, 1.82) is 0 Å². The number of aromatic carboxylic acids is 1. The van der Waals surface area contributed by atoms with Crippen molar-refractivity contribution in [3.8, 4) is 11.5 Å². The molecule has 6 nitrogen and oxygen atoms in total. The van der Waals surface area contributed by atoms with Gasteiger partial charge in [-0.2, -0.15) is 0 Å². The summed E-state index contributed by atoms with van der Waals surface area (Å²) >= 11 is 6.51. The average molecular weight is 401 g/mol. The summed E-state index contributed by atoms with van der Waals surface area (Å²) in [6.07, 6.45) is 1.70. The Hall–Kier alpha value is -2.84. The number of ether oxygens (including phenoxy) is 2. The first-order valence-electron chi connectivity index (χ1n) is 7.78. The van der Waals surface area contributed by atoms with E-state index in [1.165, 1.54) is 28.8 Å². The molecule has 8 heteroatoms. The molecular weight excluding hydrogens is 386 g/mol. The summed E-state index contributed by atoms with van der Waals surface area (Å²) in [5, 5.41) is 9.00. The van der Waals surface area contributed by atoms with Crippen molar-refractivity contribution in [3.05, 3.63) is 58.5 Å². The molecule has 0 saturated carbocycles. The van der Waals surface area contributed by atoms with E-state index >= 15 is 0 Å². The zero-order valence-corrected chi connectivity index (χ0v) is 16.1. The zero-order chi connectivity index (χ0) is 19.6. The maximum Gasteiger partial charge on any atom is 0.335 e. The van der Waals surface area contributed by atoms with E-state index in [1.807, 2.05) is 0 Å². The van der Waals surface area contributed by atoms with E-state index in [0.29, 0.717) is 32.0 Å². The number of rotatable bonds is 5. The van der Waals surface area contributed by atoms with Crippen molar-refractivity contribution in [2.75, 3.05) is 19.1 Å². The first-order valence-corrected chi connectivity index (χ1v) is 9.00. The molecule has 2 aromatic carbocycles. The molecule has 0 radical (unpaired) electrons. The Morgan fingerprint density at radius 1 is 1.15 bits per heavy atom. The van der Waals surface area contributed by atoms with Crippen LogP contribution in [0, 0.1) is 0 Å². The Kier molecular flexibility index (Phi) is 5.48. The molecule has 1 fully saturated rings. The number of carbonyl (C=O) groups is 2. The van der Waals surface area contributed by atoms with Gasteiger partial charge in [0.2, 0.25) is 0 Å². The highest BCUT2D eigenvalue weighted by molar-refractivity contribution is 8.27. The van der Waals surface area contributed by atoms with E-state index in [0.717, 1.165) is 0 Å². The van der Waals surface area contributed by atoms with E-state index in [-0.39, 0.29) is 11.5 Å². The van der Waals surface area contributed by atoms with Crippen LogP contribution in [0.3, 0.4) is 0 Å². The second kappa shape index (κ2) is 7.81. The molecule has 3 rings (SSSR count). The molecule has 27 heavy (non-hydrogen) atoms. The number of hydrogen-bond donors (Lipinski definition) is 1. The van der Waals surface area contributed by atoms with E-state index in [1.54, 1.807) is 50.6 Å². The lowest BCUT2D eigenvalue weighted by Crippen LogP contribution is -2.27. The van der Waals surface area contributed by atoms with Gasteiger partial charge in [0.25, 0.3) is 5.91 Å². The highest BCUT2D eigenvalue weighted by Gasteiger charge is 2.33. The zero-order valence-electron chi connectivity index (χ0n) is 14.5. The Balaban J connectivity index is 1.94. The number of nitrogens with zero attached hydrogens (tertiary/aromatic N) is 1. The Morgan fingerprint density at radius 3 is 2.44 bits per heavy atom. The summed E-state index contributed by atoms with van der Waals surface area (Å²) in [7, 11) is 3.11. The van der Waals surface area contributed by atoms with Crippen molar-refractivity contribution < 1.29 is 24.2 Å². The van der Waals surface area contributed by atoms with Crippen LogP contribution in [0.1, 0.15) is 15.9 Å². The number of methoxy groups -OCH3 is 2. The minimum atomic E-state index is -1.03. The van der Waals surface area contributed by atoms with Crippen LogP contribution in [0.2, 0.25) is 0 Å². The Bertz CT molecular complexity index is 953. The number of carbonyl (C=O) groups excluding carboxylic acids is 1. The number of thiocarbonyl (C=S) groups is 1. The number of hydrogen-bond acceptors (Lipinski definition) is 6. The highest BCUT2D eigenvalue weighted by Crippen LogP contribution is 2.37. The Labute approximate surface area is 165 Å². The molecule has 0 aliphatic carbocycles. The van der Waals surface area contributed by atoms with Crippen LogP contribution in [0.25, 0.3) is 6.08 Å². The minimum absolute atomic E-state index is 0.140. The number of carboxylic acids is 1. The molecule has 0 bridgehead atoms. The van der Waals surface area contributed by atoms with Crippen LogP contribution in [0.5, 0.6) is 11.5 Å². The molecule has 0 unspecified atom stereocenters. The van der Waals surface area contributed by atoms with Gasteiger partial charge in [0, 0.05) is 5.56 Å². The molecule has 1 aliphatic heterocycles. The normalized spacial score (nSPS) is 15.3. The summed E-state index contributed by atoms with van der Waals surface area (Å²) in [4.78, 5) is 25.7. The predicted molar refractivity (Wildman–Crippen MR) is 109 cm³/mol. The molecule has 1 aliphatic rings. The van der Waals surface area contributed by atoms with E-state index < -0.39 is 5.97 Å². The first-order chi connectivity index (χ1) is 12.9. The van der Waals surface area contributed by atoms with Crippen LogP contribution in [0.4, 0.5) is 5.69 Å². The van der Waals surface area contributed by atoms with Crippen molar-refractivity contribution in [2.24, 2.45) is 0 Å². The standard InChI is InChI=1S/C19H15NO5S2/c1-24-14-7-8-15(25-2)12(9-14)10-16-17(21)20(19(26)27-16)13-5-3-11(4-6-13)18(22)23/h3-10H,1-2H3,(H,22,23)/b16-10+. The summed E-state index contributed by atoms with van der Waals surface area (Å²) in [6.45, 7) is 0. The van der Waals surface area contributed by atoms with Gasteiger partial charge >= 0.3 is 5.97 Å². The van der Waals surface area contributed by atoms with Gasteiger partial charge in [0.15, 0.2) is 4.32 Å². The average Bonchev–Trinajstić information content (AvgIpc) is 2.95. The van der Waals surface area contributed by atoms with Gasteiger partial charge in [-0.05, 0) is 48.5 Å². The van der Waals surface area contributed by atoms with Crippen LogP contribution >= 0.6 is 24.0 Å². The van der Waals surface area contributed by atoms with Crippen molar-refractivity contribution in [3.63, 3.8) is 0 Å². The van der Waals surface area contributed by atoms with Gasteiger partial charge in [-0.25, -0.2) is 4.79 Å². The van der Waals surface area contributed by atoms with Gasteiger partial charge in [0.05, 0.1) is 30.4 Å². The summed E-state index contributed by atoms with van der Waals surface area (Å²) in [5.74, 6) is -0.0661. The molecule has 138 valence electrons.